The Morgan fingerprint density at radius 2 is 2.10 bits per heavy atom. The van der Waals surface area contributed by atoms with Crippen molar-refractivity contribution in [2.75, 3.05) is 19.9 Å². The highest BCUT2D eigenvalue weighted by Crippen LogP contribution is 2.35. The van der Waals surface area contributed by atoms with Crippen molar-refractivity contribution in [1.82, 2.24) is 5.32 Å². The minimum absolute atomic E-state index is 0.307. The molecule has 1 heterocycles. The molecular weight excluding hydrogens is 254 g/mol. The molecule has 0 radical (unpaired) electrons. The maximum Gasteiger partial charge on any atom is 0.231 e. The van der Waals surface area contributed by atoms with E-state index in [1.807, 2.05) is 18.2 Å². The summed E-state index contributed by atoms with van der Waals surface area (Å²) in [4.78, 5) is 0. The van der Waals surface area contributed by atoms with Gasteiger partial charge in [0.1, 0.15) is 5.75 Å². The van der Waals surface area contributed by atoms with Crippen molar-refractivity contribution in [3.8, 4) is 17.2 Å². The van der Waals surface area contributed by atoms with Gasteiger partial charge in [0, 0.05) is 12.1 Å². The fraction of sp³-hybridized carbons (Fsp3) is 0.625. The van der Waals surface area contributed by atoms with Gasteiger partial charge in [-0.25, -0.2) is 0 Å². The van der Waals surface area contributed by atoms with Gasteiger partial charge in [-0.15, -0.1) is 0 Å². The summed E-state index contributed by atoms with van der Waals surface area (Å²) in [5, 5.41) is 3.50. The molecule has 1 unspecified atom stereocenters. The monoisotopic (exact) mass is 279 g/mol. The third kappa shape index (κ3) is 4.60. The molecule has 4 nitrogen and oxygen atoms in total. The first-order chi connectivity index (χ1) is 9.79. The van der Waals surface area contributed by atoms with Crippen LogP contribution in [0.3, 0.4) is 0 Å². The van der Waals surface area contributed by atoms with Gasteiger partial charge in [0.2, 0.25) is 6.79 Å². The average Bonchev–Trinajstić information content (AvgIpc) is 2.92. The van der Waals surface area contributed by atoms with E-state index in [4.69, 9.17) is 14.2 Å². The van der Waals surface area contributed by atoms with Crippen LogP contribution >= 0.6 is 0 Å². The van der Waals surface area contributed by atoms with Gasteiger partial charge in [-0.05, 0) is 51.3 Å². The van der Waals surface area contributed by atoms with Gasteiger partial charge in [0.25, 0.3) is 0 Å². The van der Waals surface area contributed by atoms with Crippen molar-refractivity contribution < 1.29 is 14.2 Å². The molecule has 0 aromatic heterocycles. The summed E-state index contributed by atoms with van der Waals surface area (Å²) in [5.74, 6) is 2.43. The van der Waals surface area contributed by atoms with E-state index in [1.165, 1.54) is 19.3 Å². The molecule has 0 aliphatic carbocycles. The predicted octanol–water partition coefficient (Wildman–Crippen LogP) is 3.35. The van der Waals surface area contributed by atoms with Crippen LogP contribution in [0.1, 0.15) is 39.5 Å². The molecule has 0 amide bonds. The highest BCUT2D eigenvalue weighted by atomic mass is 16.7. The minimum atomic E-state index is 0.307. The van der Waals surface area contributed by atoms with Crippen LogP contribution in [0, 0.1) is 0 Å². The van der Waals surface area contributed by atoms with Crippen LogP contribution in [0.4, 0.5) is 0 Å². The van der Waals surface area contributed by atoms with Crippen molar-refractivity contribution >= 4 is 0 Å². The Morgan fingerprint density at radius 1 is 1.25 bits per heavy atom. The summed E-state index contributed by atoms with van der Waals surface area (Å²) in [6.45, 7) is 6.60. The van der Waals surface area contributed by atoms with Crippen molar-refractivity contribution in [1.29, 1.82) is 0 Å². The van der Waals surface area contributed by atoms with E-state index in [0.29, 0.717) is 12.8 Å². The number of rotatable bonds is 9. The molecule has 112 valence electrons. The van der Waals surface area contributed by atoms with Crippen LogP contribution in [0.2, 0.25) is 0 Å². The number of nitrogens with one attached hydrogen (secondary N) is 1. The van der Waals surface area contributed by atoms with Crippen LogP contribution in [0.15, 0.2) is 18.2 Å². The summed E-state index contributed by atoms with van der Waals surface area (Å²) in [6, 6.07) is 6.32. The van der Waals surface area contributed by atoms with Crippen molar-refractivity contribution in [3.63, 3.8) is 0 Å². The largest absolute Gasteiger partial charge is 0.493 e. The van der Waals surface area contributed by atoms with Gasteiger partial charge >= 0.3 is 0 Å². The second-order valence-corrected chi connectivity index (χ2v) is 5.21. The number of ether oxygens (including phenoxy) is 3. The Labute approximate surface area is 121 Å². The van der Waals surface area contributed by atoms with Crippen molar-refractivity contribution in [2.24, 2.45) is 0 Å². The second kappa shape index (κ2) is 8.00. The third-order valence-corrected chi connectivity index (χ3v) is 3.39. The number of benzene rings is 1. The van der Waals surface area contributed by atoms with E-state index in [1.54, 1.807) is 0 Å². The molecular formula is C16H25NO3. The zero-order valence-corrected chi connectivity index (χ0v) is 12.5. The Kier molecular flexibility index (Phi) is 5.99. The molecule has 1 aromatic carbocycles. The first-order valence-electron chi connectivity index (χ1n) is 7.55. The lowest BCUT2D eigenvalue weighted by atomic mass is 10.1. The number of hydrogen-bond acceptors (Lipinski definition) is 4. The van der Waals surface area contributed by atoms with Crippen LogP contribution in [-0.4, -0.2) is 26.0 Å². The Hall–Kier alpha value is -1.42. The topological polar surface area (TPSA) is 39.7 Å². The first kappa shape index (κ1) is 15.0. The molecule has 0 bridgehead atoms. The second-order valence-electron chi connectivity index (χ2n) is 5.21. The van der Waals surface area contributed by atoms with Crippen molar-refractivity contribution in [2.45, 2.75) is 45.6 Å². The first-order valence-corrected chi connectivity index (χ1v) is 7.55. The molecule has 20 heavy (non-hydrogen) atoms. The maximum atomic E-state index is 5.74. The average molecular weight is 279 g/mol. The Morgan fingerprint density at radius 3 is 2.95 bits per heavy atom. The van der Waals surface area contributed by atoms with E-state index in [2.05, 4.69) is 19.2 Å². The van der Waals surface area contributed by atoms with Gasteiger partial charge in [0.05, 0.1) is 6.61 Å². The maximum absolute atomic E-state index is 5.74. The van der Waals surface area contributed by atoms with Crippen LogP contribution in [-0.2, 0) is 0 Å². The van der Waals surface area contributed by atoms with Gasteiger partial charge in [0.15, 0.2) is 11.5 Å². The van der Waals surface area contributed by atoms with E-state index >= 15 is 0 Å². The quantitative estimate of drug-likeness (QED) is 0.704. The molecule has 1 atom stereocenters. The molecule has 1 aromatic rings. The summed E-state index contributed by atoms with van der Waals surface area (Å²) < 4.78 is 16.3. The third-order valence-electron chi connectivity index (χ3n) is 3.39. The highest BCUT2D eigenvalue weighted by Gasteiger charge is 2.13. The fourth-order valence-electron chi connectivity index (χ4n) is 2.20. The van der Waals surface area contributed by atoms with E-state index in [9.17, 15) is 0 Å². The molecule has 0 saturated carbocycles. The normalized spacial score (nSPS) is 14.3. The lowest BCUT2D eigenvalue weighted by Crippen LogP contribution is -2.26. The van der Waals surface area contributed by atoms with E-state index in [-0.39, 0.29) is 0 Å². The molecule has 0 spiro atoms. The molecule has 0 fully saturated rings. The Bertz CT molecular complexity index is 409. The molecule has 2 rings (SSSR count). The zero-order valence-electron chi connectivity index (χ0n) is 12.5. The smallest absolute Gasteiger partial charge is 0.231 e. The van der Waals surface area contributed by atoms with Gasteiger partial charge in [-0.1, -0.05) is 6.92 Å². The lowest BCUT2D eigenvalue weighted by Gasteiger charge is -2.13. The van der Waals surface area contributed by atoms with Gasteiger partial charge < -0.3 is 19.5 Å². The zero-order chi connectivity index (χ0) is 14.2. The Balaban J connectivity index is 1.59. The standard InChI is InChI=1S/C16H25NO3/c1-3-9-17-13(2)6-4-5-10-18-14-7-8-15-16(11-14)20-12-19-15/h7-8,11,13,17H,3-6,9-10,12H2,1-2H3. The number of unbranched alkanes of at least 4 members (excludes halogenated alkanes) is 1. The van der Waals surface area contributed by atoms with Crippen LogP contribution in [0.5, 0.6) is 17.2 Å². The highest BCUT2D eigenvalue weighted by molar-refractivity contribution is 5.46. The molecule has 1 aliphatic rings. The van der Waals surface area contributed by atoms with Gasteiger partial charge in [-0.3, -0.25) is 0 Å². The van der Waals surface area contributed by atoms with E-state index in [0.717, 1.165) is 36.8 Å². The van der Waals surface area contributed by atoms with E-state index < -0.39 is 0 Å². The minimum Gasteiger partial charge on any atom is -0.493 e. The van der Waals surface area contributed by atoms with Crippen molar-refractivity contribution in [3.05, 3.63) is 18.2 Å². The fourth-order valence-corrected chi connectivity index (χ4v) is 2.20. The summed E-state index contributed by atoms with van der Waals surface area (Å²) in [7, 11) is 0. The number of fused-ring (bicyclic) bond motifs is 1. The lowest BCUT2D eigenvalue weighted by molar-refractivity contribution is 0.173. The van der Waals surface area contributed by atoms with Gasteiger partial charge in [-0.2, -0.15) is 0 Å². The summed E-state index contributed by atoms with van der Waals surface area (Å²) in [6.07, 6.45) is 4.65. The summed E-state index contributed by atoms with van der Waals surface area (Å²) in [5.41, 5.74) is 0. The summed E-state index contributed by atoms with van der Waals surface area (Å²) >= 11 is 0. The predicted molar refractivity (Wildman–Crippen MR) is 79.7 cm³/mol. The molecule has 4 heteroatoms. The molecule has 1 N–H and O–H groups in total. The van der Waals surface area contributed by atoms with Crippen LogP contribution < -0.4 is 19.5 Å². The molecule has 1 aliphatic heterocycles. The molecule has 0 saturated heterocycles. The van der Waals surface area contributed by atoms with Crippen LogP contribution in [0.25, 0.3) is 0 Å². The SMILES string of the molecule is CCCNC(C)CCCCOc1ccc2c(c1)OCO2. The number of hydrogen-bond donors (Lipinski definition) is 1.